The summed E-state index contributed by atoms with van der Waals surface area (Å²) >= 11 is 11.1. The maximum Gasteiger partial charge on any atom is 0.322 e. The quantitative estimate of drug-likeness (QED) is 0.740. The molecule has 0 saturated carbocycles. The number of nitrogens with one attached hydrogen (secondary N) is 1. The topological polar surface area (TPSA) is 38.3 Å². The molecule has 0 aromatic carbocycles. The SMILES string of the molecule is COC(=O)C(CC(C)C)NCC(Cl)=CCl. The van der Waals surface area contributed by atoms with Gasteiger partial charge in [0.15, 0.2) is 0 Å². The lowest BCUT2D eigenvalue weighted by molar-refractivity contribution is -0.143. The van der Waals surface area contributed by atoms with Gasteiger partial charge >= 0.3 is 5.97 Å². The first-order chi connectivity index (χ1) is 7.01. The standard InChI is InChI=1S/C10H17Cl2NO2/c1-7(2)4-9(10(14)15-3)13-6-8(12)5-11/h5,7,9,13H,4,6H2,1-3H3. The van der Waals surface area contributed by atoms with Crippen molar-refractivity contribution in [2.45, 2.75) is 26.3 Å². The fourth-order valence-corrected chi connectivity index (χ4v) is 1.29. The van der Waals surface area contributed by atoms with E-state index in [2.05, 4.69) is 10.1 Å². The van der Waals surface area contributed by atoms with Crippen LogP contribution in [-0.4, -0.2) is 25.7 Å². The second kappa shape index (κ2) is 7.97. The van der Waals surface area contributed by atoms with Crippen LogP contribution in [-0.2, 0) is 9.53 Å². The molecule has 88 valence electrons. The average molecular weight is 254 g/mol. The Kier molecular flexibility index (Phi) is 7.83. The molecule has 0 amide bonds. The number of carbonyl (C=O) groups excluding carboxylic acids is 1. The van der Waals surface area contributed by atoms with Crippen molar-refractivity contribution in [3.63, 3.8) is 0 Å². The van der Waals surface area contributed by atoms with Crippen molar-refractivity contribution in [3.8, 4) is 0 Å². The van der Waals surface area contributed by atoms with Crippen molar-refractivity contribution in [1.82, 2.24) is 5.32 Å². The van der Waals surface area contributed by atoms with Crippen LogP contribution in [0.1, 0.15) is 20.3 Å². The number of methoxy groups -OCH3 is 1. The predicted octanol–water partition coefficient (Wildman–Crippen LogP) is 2.48. The van der Waals surface area contributed by atoms with E-state index >= 15 is 0 Å². The third-order valence-corrected chi connectivity index (χ3v) is 2.45. The molecule has 0 radical (unpaired) electrons. The first-order valence-corrected chi connectivity index (χ1v) is 5.58. The minimum atomic E-state index is -0.333. The van der Waals surface area contributed by atoms with Crippen LogP contribution in [0.15, 0.2) is 10.6 Å². The van der Waals surface area contributed by atoms with E-state index in [0.29, 0.717) is 23.9 Å². The summed E-state index contributed by atoms with van der Waals surface area (Å²) in [5, 5.41) is 3.46. The molecule has 0 bridgehead atoms. The molecular weight excluding hydrogens is 237 g/mol. The highest BCUT2D eigenvalue weighted by Crippen LogP contribution is 2.08. The van der Waals surface area contributed by atoms with Gasteiger partial charge in [-0.1, -0.05) is 37.0 Å². The van der Waals surface area contributed by atoms with Gasteiger partial charge in [0, 0.05) is 17.1 Å². The Balaban J connectivity index is 4.19. The Labute approximate surface area is 101 Å². The molecule has 0 rings (SSSR count). The molecule has 0 saturated heterocycles. The van der Waals surface area contributed by atoms with Gasteiger partial charge in [0.25, 0.3) is 0 Å². The lowest BCUT2D eigenvalue weighted by Crippen LogP contribution is -2.39. The summed E-state index contributed by atoms with van der Waals surface area (Å²) in [7, 11) is 1.37. The van der Waals surface area contributed by atoms with Crippen molar-refractivity contribution >= 4 is 29.2 Å². The highest BCUT2D eigenvalue weighted by Gasteiger charge is 2.19. The Bertz CT molecular complexity index is 229. The summed E-state index contributed by atoms with van der Waals surface area (Å²) in [5.74, 6) is 0.128. The average Bonchev–Trinajstić information content (AvgIpc) is 2.21. The zero-order valence-electron chi connectivity index (χ0n) is 9.22. The van der Waals surface area contributed by atoms with E-state index < -0.39 is 0 Å². The summed E-state index contributed by atoms with van der Waals surface area (Å²) in [5.41, 5.74) is 1.28. The van der Waals surface area contributed by atoms with Crippen LogP contribution in [0.3, 0.4) is 0 Å². The molecule has 0 aromatic heterocycles. The van der Waals surface area contributed by atoms with E-state index in [-0.39, 0.29) is 12.0 Å². The number of hydrogen-bond donors (Lipinski definition) is 1. The second-order valence-electron chi connectivity index (χ2n) is 3.64. The smallest absolute Gasteiger partial charge is 0.322 e. The summed E-state index contributed by atoms with van der Waals surface area (Å²) < 4.78 is 4.68. The second-order valence-corrected chi connectivity index (χ2v) is 4.35. The molecule has 0 aromatic rings. The first-order valence-electron chi connectivity index (χ1n) is 4.77. The van der Waals surface area contributed by atoms with Gasteiger partial charge in [0.1, 0.15) is 6.04 Å². The molecule has 0 aliphatic carbocycles. The van der Waals surface area contributed by atoms with Crippen LogP contribution in [0, 0.1) is 5.92 Å². The van der Waals surface area contributed by atoms with Crippen molar-refractivity contribution in [1.29, 1.82) is 0 Å². The molecule has 0 aliphatic heterocycles. The number of halogens is 2. The van der Waals surface area contributed by atoms with Gasteiger partial charge < -0.3 is 4.74 Å². The molecule has 1 N–H and O–H groups in total. The van der Waals surface area contributed by atoms with E-state index in [1.807, 2.05) is 13.8 Å². The molecule has 5 heteroatoms. The first kappa shape index (κ1) is 14.8. The van der Waals surface area contributed by atoms with Crippen LogP contribution in [0.25, 0.3) is 0 Å². The van der Waals surface area contributed by atoms with Crippen molar-refractivity contribution in [2.24, 2.45) is 5.92 Å². The third-order valence-electron chi connectivity index (χ3n) is 1.83. The Morgan fingerprint density at radius 2 is 2.13 bits per heavy atom. The van der Waals surface area contributed by atoms with Gasteiger partial charge in [0.2, 0.25) is 0 Å². The fraction of sp³-hybridized carbons (Fsp3) is 0.700. The number of hydrogen-bond acceptors (Lipinski definition) is 3. The molecule has 1 atom stereocenters. The lowest BCUT2D eigenvalue weighted by Gasteiger charge is -2.17. The van der Waals surface area contributed by atoms with Gasteiger partial charge in [-0.05, 0) is 12.3 Å². The third kappa shape index (κ3) is 6.77. The van der Waals surface area contributed by atoms with Crippen molar-refractivity contribution in [3.05, 3.63) is 10.6 Å². The molecule has 0 aliphatic rings. The largest absolute Gasteiger partial charge is 0.468 e. The number of ether oxygens (including phenoxy) is 1. The van der Waals surface area contributed by atoms with Gasteiger partial charge in [-0.3, -0.25) is 10.1 Å². The summed E-state index contributed by atoms with van der Waals surface area (Å²) in [6.45, 7) is 4.45. The molecule has 0 fully saturated rings. The normalized spacial score (nSPS) is 14.1. The molecule has 15 heavy (non-hydrogen) atoms. The highest BCUT2D eigenvalue weighted by atomic mass is 35.5. The molecule has 0 heterocycles. The molecule has 0 spiro atoms. The maximum atomic E-state index is 11.4. The van der Waals surface area contributed by atoms with Gasteiger partial charge in [0.05, 0.1) is 7.11 Å². The minimum Gasteiger partial charge on any atom is -0.468 e. The summed E-state index contributed by atoms with van der Waals surface area (Å²) in [6.07, 6.45) is 0.707. The van der Waals surface area contributed by atoms with E-state index in [0.717, 1.165) is 0 Å². The summed E-state index contributed by atoms with van der Waals surface area (Å²) in [6, 6.07) is -0.333. The fourth-order valence-electron chi connectivity index (χ4n) is 1.14. The monoisotopic (exact) mass is 253 g/mol. The van der Waals surface area contributed by atoms with E-state index in [4.69, 9.17) is 23.2 Å². The zero-order valence-corrected chi connectivity index (χ0v) is 10.7. The molecular formula is C10H17Cl2NO2. The van der Waals surface area contributed by atoms with E-state index in [1.165, 1.54) is 12.6 Å². The zero-order chi connectivity index (χ0) is 11.8. The Morgan fingerprint density at radius 1 is 1.53 bits per heavy atom. The number of rotatable bonds is 6. The van der Waals surface area contributed by atoms with Crippen LogP contribution >= 0.6 is 23.2 Å². The molecule has 3 nitrogen and oxygen atoms in total. The maximum absolute atomic E-state index is 11.4. The van der Waals surface area contributed by atoms with Gasteiger partial charge in [-0.15, -0.1) is 0 Å². The lowest BCUT2D eigenvalue weighted by atomic mass is 10.0. The van der Waals surface area contributed by atoms with E-state index in [1.54, 1.807) is 0 Å². The van der Waals surface area contributed by atoms with Crippen molar-refractivity contribution in [2.75, 3.05) is 13.7 Å². The van der Waals surface area contributed by atoms with Crippen LogP contribution in [0.2, 0.25) is 0 Å². The molecule has 1 unspecified atom stereocenters. The Morgan fingerprint density at radius 3 is 2.53 bits per heavy atom. The highest BCUT2D eigenvalue weighted by molar-refractivity contribution is 6.36. The minimum absolute atomic E-state index is 0.275. The summed E-state index contributed by atoms with van der Waals surface area (Å²) in [4.78, 5) is 11.4. The number of esters is 1. The number of carbonyl (C=O) groups is 1. The van der Waals surface area contributed by atoms with Crippen LogP contribution in [0.5, 0.6) is 0 Å². The van der Waals surface area contributed by atoms with Crippen molar-refractivity contribution < 1.29 is 9.53 Å². The predicted molar refractivity (Wildman–Crippen MR) is 63.1 cm³/mol. The van der Waals surface area contributed by atoms with Crippen LogP contribution < -0.4 is 5.32 Å². The van der Waals surface area contributed by atoms with Crippen LogP contribution in [0.4, 0.5) is 0 Å². The van der Waals surface area contributed by atoms with Gasteiger partial charge in [-0.25, -0.2) is 0 Å². The Hall–Kier alpha value is -0.250. The van der Waals surface area contributed by atoms with E-state index in [9.17, 15) is 4.79 Å². The van der Waals surface area contributed by atoms with Gasteiger partial charge in [-0.2, -0.15) is 0 Å².